The highest BCUT2D eigenvalue weighted by Gasteiger charge is 2.19. The second-order valence-electron chi connectivity index (χ2n) is 20.9. The molecule has 0 aromatic rings. The van der Waals surface area contributed by atoms with E-state index in [9.17, 15) is 14.4 Å². The number of hydrogen-bond acceptors (Lipinski definition) is 6. The predicted molar refractivity (Wildman–Crippen MR) is 321 cm³/mol. The van der Waals surface area contributed by atoms with Crippen LogP contribution in [0.1, 0.15) is 310 Å². The van der Waals surface area contributed by atoms with Crippen LogP contribution in [0, 0.1) is 0 Å². The molecule has 0 aliphatic heterocycles. The van der Waals surface area contributed by atoms with E-state index in [1.54, 1.807) is 0 Å². The van der Waals surface area contributed by atoms with Crippen molar-refractivity contribution in [3.63, 3.8) is 0 Å². The summed E-state index contributed by atoms with van der Waals surface area (Å²) in [4.78, 5) is 38.3. The van der Waals surface area contributed by atoms with Crippen molar-refractivity contribution < 1.29 is 28.6 Å². The summed E-state index contributed by atoms with van der Waals surface area (Å²) in [5.41, 5.74) is 0. The minimum absolute atomic E-state index is 0.0788. The minimum Gasteiger partial charge on any atom is -0.462 e. The van der Waals surface area contributed by atoms with E-state index in [0.29, 0.717) is 19.3 Å². The van der Waals surface area contributed by atoms with Crippen LogP contribution in [-0.2, 0) is 28.6 Å². The van der Waals surface area contributed by atoms with E-state index in [1.165, 1.54) is 161 Å². The van der Waals surface area contributed by atoms with Gasteiger partial charge in [-0.2, -0.15) is 0 Å². The van der Waals surface area contributed by atoms with Crippen LogP contribution in [-0.4, -0.2) is 37.2 Å². The fourth-order valence-corrected chi connectivity index (χ4v) is 8.98. The van der Waals surface area contributed by atoms with E-state index < -0.39 is 6.10 Å². The number of unbranched alkanes of at least 4 members (excludes halogenated alkanes) is 32. The fraction of sp³-hybridized carbons (Fsp3) is 0.750. The molecule has 0 spiro atoms. The lowest BCUT2D eigenvalue weighted by atomic mass is 10.0. The first-order valence-corrected chi connectivity index (χ1v) is 31.6. The van der Waals surface area contributed by atoms with Gasteiger partial charge < -0.3 is 14.2 Å². The summed E-state index contributed by atoms with van der Waals surface area (Å²) in [6.45, 7) is 6.44. The average Bonchev–Trinajstić information content (AvgIpc) is 3.40. The highest BCUT2D eigenvalue weighted by Crippen LogP contribution is 2.17. The molecule has 0 amide bonds. The normalized spacial score (nSPS) is 12.6. The summed E-state index contributed by atoms with van der Waals surface area (Å²) in [5.74, 6) is -0.879. The second kappa shape index (κ2) is 62.1. The van der Waals surface area contributed by atoms with Crippen LogP contribution >= 0.6 is 0 Å². The van der Waals surface area contributed by atoms with E-state index in [4.69, 9.17) is 14.2 Å². The topological polar surface area (TPSA) is 78.9 Å². The summed E-state index contributed by atoms with van der Waals surface area (Å²) in [7, 11) is 0. The summed E-state index contributed by atoms with van der Waals surface area (Å²) < 4.78 is 16.9. The lowest BCUT2D eigenvalue weighted by Gasteiger charge is -2.18. The van der Waals surface area contributed by atoms with Gasteiger partial charge in [-0.1, -0.05) is 286 Å². The summed E-state index contributed by atoms with van der Waals surface area (Å²) in [6, 6.07) is 0. The Bertz CT molecular complexity index is 1420. The van der Waals surface area contributed by atoms with Crippen LogP contribution in [0.3, 0.4) is 0 Å². The molecule has 0 aromatic carbocycles. The predicted octanol–water partition coefficient (Wildman–Crippen LogP) is 21.5. The van der Waals surface area contributed by atoms with Crippen molar-refractivity contribution in [1.82, 2.24) is 0 Å². The van der Waals surface area contributed by atoms with Crippen molar-refractivity contribution >= 4 is 17.9 Å². The number of ether oxygens (including phenoxy) is 3. The van der Waals surface area contributed by atoms with E-state index in [-0.39, 0.29) is 31.1 Å². The Morgan fingerprint density at radius 2 is 0.527 bits per heavy atom. The van der Waals surface area contributed by atoms with Gasteiger partial charge >= 0.3 is 17.9 Å². The van der Waals surface area contributed by atoms with E-state index >= 15 is 0 Å². The first kappa shape index (κ1) is 70.6. The molecular weight excluding hydrogens is 913 g/mol. The number of carbonyl (C=O) groups is 3. The number of esters is 3. The van der Waals surface area contributed by atoms with Crippen molar-refractivity contribution in [2.75, 3.05) is 13.2 Å². The van der Waals surface area contributed by atoms with Crippen molar-refractivity contribution in [2.45, 2.75) is 316 Å². The molecule has 6 heteroatoms. The zero-order chi connectivity index (χ0) is 53.6. The third-order valence-electron chi connectivity index (χ3n) is 13.6. The Balaban J connectivity index is 4.35. The van der Waals surface area contributed by atoms with Gasteiger partial charge in [0.1, 0.15) is 13.2 Å². The summed E-state index contributed by atoms with van der Waals surface area (Å²) in [5, 5.41) is 0. The molecule has 0 N–H and O–H groups in total. The van der Waals surface area contributed by atoms with Gasteiger partial charge in [-0.3, -0.25) is 14.4 Å². The number of rotatable bonds is 57. The summed E-state index contributed by atoms with van der Waals surface area (Å²) in [6.07, 6.45) is 81.5. The van der Waals surface area contributed by atoms with Crippen LogP contribution in [0.4, 0.5) is 0 Å². The van der Waals surface area contributed by atoms with Crippen molar-refractivity contribution in [2.24, 2.45) is 0 Å². The maximum absolute atomic E-state index is 12.9. The smallest absolute Gasteiger partial charge is 0.306 e. The van der Waals surface area contributed by atoms with E-state index in [1.807, 2.05) is 0 Å². The minimum atomic E-state index is -0.783. The second-order valence-corrected chi connectivity index (χ2v) is 20.9. The Morgan fingerprint density at radius 3 is 0.824 bits per heavy atom. The molecular formula is C68H118O6. The molecule has 74 heavy (non-hydrogen) atoms. The number of allylic oxidation sites excluding steroid dienone is 14. The summed E-state index contributed by atoms with van der Waals surface area (Å²) >= 11 is 0. The van der Waals surface area contributed by atoms with Crippen LogP contribution in [0.25, 0.3) is 0 Å². The van der Waals surface area contributed by atoms with Crippen LogP contribution in [0.15, 0.2) is 85.1 Å². The van der Waals surface area contributed by atoms with Gasteiger partial charge in [-0.25, -0.2) is 0 Å². The van der Waals surface area contributed by atoms with Crippen LogP contribution in [0.2, 0.25) is 0 Å². The molecule has 1 unspecified atom stereocenters. The third-order valence-corrected chi connectivity index (χ3v) is 13.6. The van der Waals surface area contributed by atoms with E-state index in [0.717, 1.165) is 109 Å². The largest absolute Gasteiger partial charge is 0.462 e. The van der Waals surface area contributed by atoms with Gasteiger partial charge in [-0.15, -0.1) is 0 Å². The zero-order valence-electron chi connectivity index (χ0n) is 48.8. The monoisotopic (exact) mass is 1030 g/mol. The molecule has 6 nitrogen and oxygen atoms in total. The van der Waals surface area contributed by atoms with E-state index in [2.05, 4.69) is 106 Å². The molecule has 426 valence electrons. The first-order valence-electron chi connectivity index (χ1n) is 31.6. The maximum Gasteiger partial charge on any atom is 0.306 e. The molecule has 0 saturated carbocycles. The molecule has 0 rings (SSSR count). The highest BCUT2D eigenvalue weighted by atomic mass is 16.6. The van der Waals surface area contributed by atoms with Crippen molar-refractivity contribution in [3.05, 3.63) is 85.1 Å². The molecule has 0 radical (unpaired) electrons. The van der Waals surface area contributed by atoms with Crippen LogP contribution < -0.4 is 0 Å². The Labute approximate surface area is 458 Å². The molecule has 0 aromatic heterocycles. The molecule has 0 heterocycles. The van der Waals surface area contributed by atoms with Crippen LogP contribution in [0.5, 0.6) is 0 Å². The van der Waals surface area contributed by atoms with Gasteiger partial charge in [-0.05, 0) is 89.9 Å². The maximum atomic E-state index is 12.9. The highest BCUT2D eigenvalue weighted by molar-refractivity contribution is 5.71. The number of hydrogen-bond donors (Lipinski definition) is 0. The Kier molecular flexibility index (Phi) is 59.3. The molecule has 0 aliphatic carbocycles. The molecule has 0 aliphatic rings. The lowest BCUT2D eigenvalue weighted by Crippen LogP contribution is -2.30. The molecule has 1 atom stereocenters. The number of carbonyl (C=O) groups excluding carboxylic acids is 3. The Morgan fingerprint density at radius 1 is 0.284 bits per heavy atom. The quantitative estimate of drug-likeness (QED) is 0.0261. The Hall–Kier alpha value is -3.41. The van der Waals surface area contributed by atoms with Gasteiger partial charge in [0, 0.05) is 19.3 Å². The third kappa shape index (κ3) is 59.5. The van der Waals surface area contributed by atoms with Crippen molar-refractivity contribution in [1.29, 1.82) is 0 Å². The molecule has 0 fully saturated rings. The zero-order valence-corrected chi connectivity index (χ0v) is 48.8. The van der Waals surface area contributed by atoms with Gasteiger partial charge in [0.15, 0.2) is 6.10 Å². The fourth-order valence-electron chi connectivity index (χ4n) is 8.98. The van der Waals surface area contributed by atoms with Gasteiger partial charge in [0.2, 0.25) is 0 Å². The van der Waals surface area contributed by atoms with Crippen molar-refractivity contribution in [3.8, 4) is 0 Å². The molecule has 0 bridgehead atoms. The van der Waals surface area contributed by atoms with Gasteiger partial charge in [0.25, 0.3) is 0 Å². The standard InChI is InChI=1S/C68H118O6/c1-4-7-10-13-16-19-22-25-28-31-32-33-34-35-36-38-40-43-46-49-52-55-58-61-67(70)73-64-65(63-72-66(69)60-57-54-51-48-45-42-39-30-27-24-21-18-15-12-9-6-3)74-68(71)62-59-56-53-50-47-44-41-37-29-26-23-20-17-14-11-8-5-2/h7-8,10-11,16-17,19-20,25-26,28-29,32-33,65H,4-6,9,12-15,18,21-24,27,30-31,34-64H2,1-3H3/b10-7-,11-8-,19-16-,20-17-,28-25-,29-26-,33-32-. The SMILES string of the molecule is CC/C=C\C/C=C\C/C=C\C/C=C\CCCCCCCCCCCCC(=O)OCC(COC(=O)CCCCCCCCCCCCCCCCCC)OC(=O)CCCCCCCCC/C=C\C/C=C\C/C=C\CC. The van der Waals surface area contributed by atoms with Gasteiger partial charge in [0.05, 0.1) is 0 Å². The average molecular weight is 1030 g/mol. The first-order chi connectivity index (χ1) is 36.5. The lowest BCUT2D eigenvalue weighted by molar-refractivity contribution is -0.167. The molecule has 0 saturated heterocycles.